The molecular formula is C12H9F5N4OS. The Labute approximate surface area is 130 Å². The number of carbonyl (C=O) groups is 1. The van der Waals surface area contributed by atoms with Crippen LogP contribution in [0.5, 0.6) is 0 Å². The molecule has 0 aliphatic heterocycles. The van der Waals surface area contributed by atoms with E-state index in [0.717, 1.165) is 17.6 Å². The summed E-state index contributed by atoms with van der Waals surface area (Å²) in [6.07, 6.45) is -4.92. The van der Waals surface area contributed by atoms with Crippen LogP contribution in [0, 0.1) is 5.13 Å². The van der Waals surface area contributed by atoms with E-state index >= 15 is 0 Å². The number of alkyl halides is 4. The van der Waals surface area contributed by atoms with Crippen molar-refractivity contribution in [2.75, 3.05) is 0 Å². The molecule has 1 amide bonds. The highest BCUT2D eigenvalue weighted by Gasteiger charge is 2.22. The highest BCUT2D eigenvalue weighted by Crippen LogP contribution is 2.24. The molecule has 11 heteroatoms. The normalized spacial score (nSPS) is 11.8. The summed E-state index contributed by atoms with van der Waals surface area (Å²) < 4.78 is 63.6. The molecule has 0 saturated heterocycles. The lowest BCUT2D eigenvalue weighted by atomic mass is 10.3. The Kier molecular flexibility index (Phi) is 5.42. The fraction of sp³-hybridized carbons (Fsp3) is 0.250. The number of nitrogens with zero attached hydrogens (tertiary/aromatic N) is 3. The molecule has 0 saturated carbocycles. The lowest BCUT2D eigenvalue weighted by Crippen LogP contribution is -2.25. The Morgan fingerprint density at radius 3 is 2.65 bits per heavy atom. The second-order valence-corrected chi connectivity index (χ2v) is 5.25. The number of carbonyl (C=O) groups excluding carboxylic acids is 1. The van der Waals surface area contributed by atoms with Crippen molar-refractivity contribution >= 4 is 23.5 Å². The summed E-state index contributed by atoms with van der Waals surface area (Å²) in [7, 11) is 0. The zero-order valence-corrected chi connectivity index (χ0v) is 12.0. The van der Waals surface area contributed by atoms with E-state index in [1.165, 1.54) is 12.1 Å². The number of halogens is 5. The van der Waals surface area contributed by atoms with Gasteiger partial charge in [-0.2, -0.15) is 14.6 Å². The minimum Gasteiger partial charge on any atom is -0.271 e. The molecule has 1 N–H and O–H groups in total. The summed E-state index contributed by atoms with van der Waals surface area (Å²) >= 11 is 0.789. The molecule has 0 atom stereocenters. The van der Waals surface area contributed by atoms with E-state index in [9.17, 15) is 26.7 Å². The van der Waals surface area contributed by atoms with Crippen LogP contribution in [-0.4, -0.2) is 21.9 Å². The Morgan fingerprint density at radius 1 is 1.35 bits per heavy atom. The van der Waals surface area contributed by atoms with E-state index in [1.807, 2.05) is 5.43 Å². The van der Waals surface area contributed by atoms with Gasteiger partial charge in [0.15, 0.2) is 5.13 Å². The molecule has 0 aliphatic carbocycles. The molecular weight excluding hydrogens is 343 g/mol. The van der Waals surface area contributed by atoms with Gasteiger partial charge in [-0.15, -0.1) is 11.3 Å². The molecule has 2 aromatic rings. The van der Waals surface area contributed by atoms with E-state index in [4.69, 9.17) is 0 Å². The second kappa shape index (κ2) is 7.31. The molecule has 2 rings (SSSR count). The molecule has 0 bridgehead atoms. The van der Waals surface area contributed by atoms with Crippen LogP contribution < -0.4 is 5.43 Å². The van der Waals surface area contributed by atoms with Crippen LogP contribution in [0.25, 0.3) is 0 Å². The van der Waals surface area contributed by atoms with Gasteiger partial charge in [-0.1, -0.05) is 0 Å². The Morgan fingerprint density at radius 2 is 2.09 bits per heavy atom. The zero-order chi connectivity index (χ0) is 17.0. The van der Waals surface area contributed by atoms with Crippen molar-refractivity contribution in [1.29, 1.82) is 0 Å². The molecule has 5 nitrogen and oxygen atoms in total. The zero-order valence-electron chi connectivity index (χ0n) is 11.2. The number of amides is 1. The first kappa shape index (κ1) is 17.1. The predicted octanol–water partition coefficient (Wildman–Crippen LogP) is 3.11. The van der Waals surface area contributed by atoms with Gasteiger partial charge in [-0.05, 0) is 18.2 Å². The first-order valence-electron chi connectivity index (χ1n) is 6.08. The Balaban J connectivity index is 2.00. The van der Waals surface area contributed by atoms with Gasteiger partial charge >= 0.3 is 0 Å². The minimum atomic E-state index is -3.06. The topological polar surface area (TPSA) is 59.3 Å². The maximum Gasteiger partial charge on any atom is 0.282 e. The van der Waals surface area contributed by atoms with E-state index in [1.54, 1.807) is 0 Å². The van der Waals surface area contributed by atoms with Gasteiger partial charge in [0.2, 0.25) is 0 Å². The van der Waals surface area contributed by atoms with Gasteiger partial charge in [0, 0.05) is 0 Å². The van der Waals surface area contributed by atoms with E-state index in [2.05, 4.69) is 10.2 Å². The lowest BCUT2D eigenvalue weighted by molar-refractivity contribution is -0.121. The van der Waals surface area contributed by atoms with Crippen molar-refractivity contribution in [3.05, 3.63) is 39.6 Å². The number of hydrazone groups is 1. The van der Waals surface area contributed by atoms with Crippen molar-refractivity contribution in [2.45, 2.75) is 19.4 Å². The molecule has 0 spiro atoms. The van der Waals surface area contributed by atoms with Crippen LogP contribution in [0.3, 0.4) is 0 Å². The number of nitrogens with one attached hydrogen (secondary N) is 1. The summed E-state index contributed by atoms with van der Waals surface area (Å²) in [6, 6.07) is 3.17. The van der Waals surface area contributed by atoms with Crippen LogP contribution >= 0.6 is 11.3 Å². The number of hydrogen-bond donors (Lipinski definition) is 1. The smallest absolute Gasteiger partial charge is 0.271 e. The number of thiophene rings is 1. The largest absolute Gasteiger partial charge is 0.282 e. The van der Waals surface area contributed by atoms with E-state index < -0.39 is 41.8 Å². The highest BCUT2D eigenvalue weighted by atomic mass is 32.1. The number of aromatic nitrogens is 2. The third-order valence-electron chi connectivity index (χ3n) is 2.55. The molecule has 0 aromatic carbocycles. The minimum absolute atomic E-state index is 0.426. The van der Waals surface area contributed by atoms with Gasteiger partial charge in [-0.3, -0.25) is 9.48 Å². The van der Waals surface area contributed by atoms with Gasteiger partial charge in [0.25, 0.3) is 18.8 Å². The molecule has 2 heterocycles. The van der Waals surface area contributed by atoms with Gasteiger partial charge < -0.3 is 0 Å². The van der Waals surface area contributed by atoms with Crippen molar-refractivity contribution in [2.24, 2.45) is 5.10 Å². The average Bonchev–Trinajstić information content (AvgIpc) is 3.05. The molecule has 2 aromatic heterocycles. The summed E-state index contributed by atoms with van der Waals surface area (Å²) in [6.45, 7) is -0.706. The molecule has 0 radical (unpaired) electrons. The van der Waals surface area contributed by atoms with Crippen LogP contribution in [0.15, 0.2) is 23.3 Å². The second-order valence-electron chi connectivity index (χ2n) is 4.19. The van der Waals surface area contributed by atoms with Gasteiger partial charge in [-0.25, -0.2) is 23.0 Å². The molecule has 0 aliphatic rings. The standard InChI is InChI=1S/C12H9F5N4OS/c13-9-2-1-6(23-9)4-18-19-10(22)5-21-8(12(16)17)3-7(20-21)11(14)15/h1-4,11-12H,5H2,(H,19,22)/b18-4-. The maximum absolute atomic E-state index is 12.7. The van der Waals surface area contributed by atoms with Crippen LogP contribution in [0.2, 0.25) is 0 Å². The van der Waals surface area contributed by atoms with Gasteiger partial charge in [0.1, 0.15) is 17.9 Å². The fourth-order valence-corrected chi connectivity index (χ4v) is 2.20. The molecule has 0 unspecified atom stereocenters. The van der Waals surface area contributed by atoms with Crippen LogP contribution in [0.4, 0.5) is 22.0 Å². The third-order valence-corrected chi connectivity index (χ3v) is 3.35. The highest BCUT2D eigenvalue weighted by molar-refractivity contribution is 7.12. The first-order valence-corrected chi connectivity index (χ1v) is 6.89. The van der Waals surface area contributed by atoms with Crippen LogP contribution in [0.1, 0.15) is 29.1 Å². The third kappa shape index (κ3) is 4.58. The van der Waals surface area contributed by atoms with Crippen molar-refractivity contribution in [3.8, 4) is 0 Å². The van der Waals surface area contributed by atoms with Crippen molar-refractivity contribution in [1.82, 2.24) is 15.2 Å². The quantitative estimate of drug-likeness (QED) is 0.493. The van der Waals surface area contributed by atoms with E-state index in [-0.39, 0.29) is 0 Å². The maximum atomic E-state index is 12.7. The summed E-state index contributed by atoms with van der Waals surface area (Å²) in [5.41, 5.74) is 0.381. The number of rotatable bonds is 6. The average molecular weight is 352 g/mol. The number of hydrogen-bond acceptors (Lipinski definition) is 4. The van der Waals surface area contributed by atoms with E-state index in [0.29, 0.717) is 15.6 Å². The van der Waals surface area contributed by atoms with Crippen molar-refractivity contribution < 1.29 is 26.7 Å². The lowest BCUT2D eigenvalue weighted by Gasteiger charge is -2.05. The Bertz CT molecular complexity index is 712. The fourth-order valence-electron chi connectivity index (χ4n) is 1.60. The first-order chi connectivity index (χ1) is 10.9. The molecule has 0 fully saturated rings. The monoisotopic (exact) mass is 352 g/mol. The molecule has 23 heavy (non-hydrogen) atoms. The van der Waals surface area contributed by atoms with Crippen molar-refractivity contribution in [3.63, 3.8) is 0 Å². The summed E-state index contributed by atoms with van der Waals surface area (Å²) in [5.74, 6) is -0.843. The Hall–Kier alpha value is -2.30. The summed E-state index contributed by atoms with van der Waals surface area (Å²) in [4.78, 5) is 12.0. The summed E-state index contributed by atoms with van der Waals surface area (Å²) in [5, 5.41) is 6.34. The van der Waals surface area contributed by atoms with Gasteiger partial charge in [0.05, 0.1) is 11.1 Å². The van der Waals surface area contributed by atoms with Crippen LogP contribution in [-0.2, 0) is 11.3 Å². The predicted molar refractivity (Wildman–Crippen MR) is 72.2 cm³/mol. The molecule has 124 valence electrons. The SMILES string of the molecule is O=C(Cn1nc(C(F)F)cc1C(F)F)N/N=C\c1ccc(F)s1.